The Morgan fingerprint density at radius 2 is 1.96 bits per heavy atom. The molecule has 1 N–H and O–H groups in total. The van der Waals surface area contributed by atoms with Crippen molar-refractivity contribution in [2.24, 2.45) is 0 Å². The number of nitrogens with zero attached hydrogens (tertiary/aromatic N) is 1. The van der Waals surface area contributed by atoms with Crippen LogP contribution < -0.4 is 14.8 Å². The number of nitrogens with one attached hydrogen (secondary N) is 1. The highest BCUT2D eigenvalue weighted by Gasteiger charge is 2.24. The van der Waals surface area contributed by atoms with Crippen LogP contribution in [-0.4, -0.2) is 43.6 Å². The molecule has 2 aromatic carbocycles. The zero-order valence-corrected chi connectivity index (χ0v) is 17.0. The normalized spacial score (nSPS) is 16.4. The Hall–Kier alpha value is -1.95. The number of halogens is 2. The summed E-state index contributed by atoms with van der Waals surface area (Å²) >= 11 is 5.90. The molecule has 0 aromatic heterocycles. The molecule has 2 aromatic rings. The zero-order valence-electron chi connectivity index (χ0n) is 15.4. The second-order valence-corrected chi connectivity index (χ2v) is 6.77. The van der Waals surface area contributed by atoms with Gasteiger partial charge >= 0.3 is 0 Å². The van der Waals surface area contributed by atoms with Crippen molar-refractivity contribution in [3.8, 4) is 11.5 Å². The van der Waals surface area contributed by atoms with Crippen molar-refractivity contribution in [2.75, 3.05) is 26.7 Å². The van der Waals surface area contributed by atoms with E-state index in [-0.39, 0.29) is 24.4 Å². The largest absolute Gasteiger partial charge is 0.493 e. The summed E-state index contributed by atoms with van der Waals surface area (Å²) in [5, 5.41) is 3.98. The number of rotatable bonds is 5. The lowest BCUT2D eigenvalue weighted by atomic mass is 10.1. The Morgan fingerprint density at radius 1 is 1.22 bits per heavy atom. The first kappa shape index (κ1) is 21.4. The van der Waals surface area contributed by atoms with Crippen molar-refractivity contribution in [3.63, 3.8) is 0 Å². The number of methoxy groups -OCH3 is 1. The maximum Gasteiger partial charge on any atom is 0.254 e. The molecule has 1 fully saturated rings. The molecule has 0 aliphatic carbocycles. The summed E-state index contributed by atoms with van der Waals surface area (Å²) in [6, 6.07) is 13.0. The number of ether oxygens (including phenoxy) is 2. The van der Waals surface area contributed by atoms with Crippen LogP contribution in [0.3, 0.4) is 0 Å². The Labute approximate surface area is 171 Å². The number of hydrogen-bond acceptors (Lipinski definition) is 4. The van der Waals surface area contributed by atoms with Gasteiger partial charge in [0.25, 0.3) is 5.91 Å². The standard InChI is InChI=1S/C20H23ClN2O3.ClH/c1-14-12-22-9-10-23(14)20(24)16-5-8-18(19(11-16)25-2)26-13-15-3-6-17(21)7-4-15;/h3-8,11,14,22H,9-10,12-13H2,1-2H3;1H/t14-;/m1./s1. The highest BCUT2D eigenvalue weighted by molar-refractivity contribution is 6.30. The molecule has 1 heterocycles. The molecule has 1 aliphatic rings. The van der Waals surface area contributed by atoms with Gasteiger partial charge in [-0.3, -0.25) is 4.79 Å². The molecule has 1 amide bonds. The molecule has 0 saturated carbocycles. The molecule has 0 bridgehead atoms. The van der Waals surface area contributed by atoms with Gasteiger partial charge in [0.1, 0.15) is 6.61 Å². The minimum Gasteiger partial charge on any atom is -0.493 e. The molecular weight excluding hydrogens is 387 g/mol. The van der Waals surface area contributed by atoms with Gasteiger partial charge in [-0.1, -0.05) is 23.7 Å². The summed E-state index contributed by atoms with van der Waals surface area (Å²) in [7, 11) is 1.58. The Kier molecular flexibility index (Phi) is 7.78. The fourth-order valence-electron chi connectivity index (χ4n) is 2.97. The SMILES string of the molecule is COc1cc(C(=O)N2CCNC[C@H]2C)ccc1OCc1ccc(Cl)cc1.Cl. The van der Waals surface area contributed by atoms with E-state index in [1.165, 1.54) is 0 Å². The second-order valence-electron chi connectivity index (χ2n) is 6.33. The zero-order chi connectivity index (χ0) is 18.5. The minimum absolute atomic E-state index is 0. The third-order valence-corrected chi connectivity index (χ3v) is 4.73. The molecule has 27 heavy (non-hydrogen) atoms. The van der Waals surface area contributed by atoms with Crippen molar-refractivity contribution in [1.29, 1.82) is 0 Å². The van der Waals surface area contributed by atoms with E-state index >= 15 is 0 Å². The predicted octanol–water partition coefficient (Wildman–Crippen LogP) is 3.78. The molecule has 1 atom stereocenters. The first-order valence-electron chi connectivity index (χ1n) is 8.65. The number of benzene rings is 2. The van der Waals surface area contributed by atoms with E-state index in [9.17, 15) is 4.79 Å². The first-order chi connectivity index (χ1) is 12.6. The molecule has 3 rings (SSSR count). The molecule has 1 aliphatic heterocycles. The Morgan fingerprint density at radius 3 is 2.63 bits per heavy atom. The topological polar surface area (TPSA) is 50.8 Å². The van der Waals surface area contributed by atoms with Gasteiger partial charge in [-0.15, -0.1) is 12.4 Å². The molecule has 0 spiro atoms. The lowest BCUT2D eigenvalue weighted by molar-refractivity contribution is 0.0655. The highest BCUT2D eigenvalue weighted by atomic mass is 35.5. The number of hydrogen-bond donors (Lipinski definition) is 1. The van der Waals surface area contributed by atoms with Crippen LogP contribution in [0.2, 0.25) is 5.02 Å². The van der Waals surface area contributed by atoms with Crippen LogP contribution in [0.5, 0.6) is 11.5 Å². The smallest absolute Gasteiger partial charge is 0.254 e. The third-order valence-electron chi connectivity index (χ3n) is 4.48. The van der Waals surface area contributed by atoms with Crippen LogP contribution in [0, 0.1) is 0 Å². The van der Waals surface area contributed by atoms with Crippen molar-refractivity contribution in [2.45, 2.75) is 19.6 Å². The third kappa shape index (κ3) is 5.28. The van der Waals surface area contributed by atoms with E-state index < -0.39 is 0 Å². The fraction of sp³-hybridized carbons (Fsp3) is 0.350. The van der Waals surface area contributed by atoms with Crippen LogP contribution in [0.4, 0.5) is 0 Å². The van der Waals surface area contributed by atoms with Crippen molar-refractivity contribution < 1.29 is 14.3 Å². The molecule has 7 heteroatoms. The van der Waals surface area contributed by atoms with Gasteiger partial charge in [0.2, 0.25) is 0 Å². The fourth-order valence-corrected chi connectivity index (χ4v) is 3.10. The van der Waals surface area contributed by atoms with Gasteiger partial charge < -0.3 is 19.7 Å². The molecular formula is C20H24Cl2N2O3. The van der Waals surface area contributed by atoms with Crippen LogP contribution in [0.15, 0.2) is 42.5 Å². The molecule has 0 radical (unpaired) electrons. The molecule has 1 saturated heterocycles. The van der Waals surface area contributed by atoms with Crippen LogP contribution in [0.1, 0.15) is 22.8 Å². The maximum atomic E-state index is 12.8. The Balaban J connectivity index is 0.00000261. The van der Waals surface area contributed by atoms with E-state index in [1.54, 1.807) is 25.3 Å². The van der Waals surface area contributed by atoms with E-state index in [4.69, 9.17) is 21.1 Å². The summed E-state index contributed by atoms with van der Waals surface area (Å²) in [4.78, 5) is 14.7. The highest BCUT2D eigenvalue weighted by Crippen LogP contribution is 2.29. The predicted molar refractivity (Wildman–Crippen MR) is 109 cm³/mol. The monoisotopic (exact) mass is 410 g/mol. The van der Waals surface area contributed by atoms with Crippen molar-refractivity contribution in [1.82, 2.24) is 10.2 Å². The molecule has 146 valence electrons. The minimum atomic E-state index is 0. The number of piperazine rings is 1. The molecule has 5 nitrogen and oxygen atoms in total. The first-order valence-corrected chi connectivity index (χ1v) is 9.03. The summed E-state index contributed by atoms with van der Waals surface area (Å²) < 4.78 is 11.3. The Bertz CT molecular complexity index is 768. The van der Waals surface area contributed by atoms with Gasteiger partial charge in [-0.25, -0.2) is 0 Å². The molecule has 0 unspecified atom stereocenters. The average Bonchev–Trinajstić information content (AvgIpc) is 2.67. The van der Waals surface area contributed by atoms with E-state index in [2.05, 4.69) is 5.32 Å². The number of carbonyl (C=O) groups is 1. The van der Waals surface area contributed by atoms with Gasteiger partial charge in [0, 0.05) is 36.3 Å². The summed E-state index contributed by atoms with van der Waals surface area (Å²) in [5.41, 5.74) is 1.61. The lowest BCUT2D eigenvalue weighted by Crippen LogP contribution is -2.52. The van der Waals surface area contributed by atoms with Crippen LogP contribution in [0.25, 0.3) is 0 Å². The summed E-state index contributed by atoms with van der Waals surface area (Å²) in [6.45, 7) is 4.78. The van der Waals surface area contributed by atoms with Gasteiger partial charge in [0.15, 0.2) is 11.5 Å². The van der Waals surface area contributed by atoms with Gasteiger partial charge in [-0.05, 0) is 42.8 Å². The van der Waals surface area contributed by atoms with Crippen molar-refractivity contribution in [3.05, 3.63) is 58.6 Å². The second kappa shape index (κ2) is 9.83. The van der Waals surface area contributed by atoms with E-state index in [1.807, 2.05) is 36.1 Å². The number of carbonyl (C=O) groups excluding carboxylic acids is 1. The van der Waals surface area contributed by atoms with Crippen molar-refractivity contribution >= 4 is 29.9 Å². The van der Waals surface area contributed by atoms with Crippen LogP contribution >= 0.6 is 24.0 Å². The van der Waals surface area contributed by atoms with E-state index in [0.29, 0.717) is 35.2 Å². The van der Waals surface area contributed by atoms with Gasteiger partial charge in [0.05, 0.1) is 7.11 Å². The number of amides is 1. The lowest BCUT2D eigenvalue weighted by Gasteiger charge is -2.34. The quantitative estimate of drug-likeness (QED) is 0.814. The van der Waals surface area contributed by atoms with Crippen LogP contribution in [-0.2, 0) is 6.61 Å². The van der Waals surface area contributed by atoms with Gasteiger partial charge in [-0.2, -0.15) is 0 Å². The summed E-state index contributed by atoms with van der Waals surface area (Å²) in [5.74, 6) is 1.17. The van der Waals surface area contributed by atoms with E-state index in [0.717, 1.165) is 18.7 Å². The maximum absolute atomic E-state index is 12.8. The summed E-state index contributed by atoms with van der Waals surface area (Å²) in [6.07, 6.45) is 0. The average molecular weight is 411 g/mol.